The first-order chi connectivity index (χ1) is 21.9. The second-order valence-electron chi connectivity index (χ2n) is 12.7. The maximum absolute atomic E-state index is 16.8. The highest BCUT2D eigenvalue weighted by molar-refractivity contribution is 6.01. The van der Waals surface area contributed by atoms with E-state index >= 15 is 8.78 Å². The molecule has 7 heterocycles. The molecule has 1 unspecified atom stereocenters. The summed E-state index contributed by atoms with van der Waals surface area (Å²) in [4.78, 5) is 31.0. The predicted molar refractivity (Wildman–Crippen MR) is 164 cm³/mol. The van der Waals surface area contributed by atoms with Crippen LogP contribution in [0.5, 0.6) is 11.8 Å². The van der Waals surface area contributed by atoms with Gasteiger partial charge >= 0.3 is 12.1 Å². The third-order valence-corrected chi connectivity index (χ3v) is 9.95. The Hall–Kier alpha value is -4.32. The van der Waals surface area contributed by atoms with Gasteiger partial charge in [0, 0.05) is 24.8 Å². The smallest absolute Gasteiger partial charge is 0.407 e. The molecular formula is C33H34F2N6O4. The number of phenols is 1. The van der Waals surface area contributed by atoms with Crippen LogP contribution < -0.4 is 15.0 Å². The highest BCUT2D eigenvalue weighted by Gasteiger charge is 2.45. The number of ether oxygens (including phenoxy) is 2. The van der Waals surface area contributed by atoms with E-state index in [0.717, 1.165) is 38.8 Å². The van der Waals surface area contributed by atoms with Crippen molar-refractivity contribution in [1.29, 1.82) is 0 Å². The summed E-state index contributed by atoms with van der Waals surface area (Å²) in [6.45, 7) is 3.58. The summed E-state index contributed by atoms with van der Waals surface area (Å²) < 4.78 is 43.9. The Morgan fingerprint density at radius 1 is 1.11 bits per heavy atom. The number of nitrogens with zero attached hydrogens (tertiary/aromatic N) is 5. The molecule has 5 aliphatic heterocycles. The van der Waals surface area contributed by atoms with Crippen LogP contribution >= 0.6 is 0 Å². The zero-order chi connectivity index (χ0) is 30.7. The average Bonchev–Trinajstić information content (AvgIpc) is 3.75. The number of halogens is 2. The zero-order valence-electron chi connectivity index (χ0n) is 24.8. The number of rotatable bonds is 3. The molecule has 6 bridgehead atoms. The minimum atomic E-state index is -0.707. The van der Waals surface area contributed by atoms with E-state index in [-0.39, 0.29) is 53.1 Å². The SMILES string of the molecule is O=C1NC2CCN(C2)c2nc(OCC34CCCN3CCC4)nc3c(F)c(ncc23)-c2cc(O)cc3ccc(F)c(c23)CCCO1. The molecule has 12 heteroatoms. The number of nitrogens with one attached hydrogen (secondary N) is 1. The standard InChI is InChI=1S/C33H34F2N6O4/c34-25-6-5-19-14-21(42)15-23-26(19)22(25)4-1-13-44-32(43)37-20-7-12-40(17-20)30-24-16-36-28(23)27(35)29(24)38-31(39-30)45-18-33-8-2-10-41(33)11-3-9-33/h5-6,14-16,20,42H,1-4,7-13,17-18H2,(H,37,43). The predicted octanol–water partition coefficient (Wildman–Crippen LogP) is 5.09. The van der Waals surface area contributed by atoms with E-state index in [2.05, 4.69) is 20.2 Å². The molecule has 2 aromatic carbocycles. The lowest BCUT2D eigenvalue weighted by atomic mass is 9.93. The van der Waals surface area contributed by atoms with Crippen LogP contribution in [0.4, 0.5) is 19.4 Å². The molecule has 0 spiro atoms. The number of alkyl carbamates (subject to hydrolysis) is 1. The quantitative estimate of drug-likeness (QED) is 0.325. The number of carbonyl (C=O) groups is 1. The summed E-state index contributed by atoms with van der Waals surface area (Å²) in [5.41, 5.74) is 0.487. The van der Waals surface area contributed by atoms with E-state index in [1.54, 1.807) is 6.07 Å². The van der Waals surface area contributed by atoms with Gasteiger partial charge in [-0.05, 0) is 92.6 Å². The van der Waals surface area contributed by atoms with Gasteiger partial charge < -0.3 is 24.8 Å². The van der Waals surface area contributed by atoms with Gasteiger partial charge in [0.2, 0.25) is 0 Å². The first kappa shape index (κ1) is 28.2. The van der Waals surface area contributed by atoms with E-state index in [0.29, 0.717) is 60.1 Å². The van der Waals surface area contributed by atoms with E-state index in [1.165, 1.54) is 24.4 Å². The number of pyridine rings is 1. The largest absolute Gasteiger partial charge is 0.508 e. The van der Waals surface area contributed by atoms with Crippen molar-refractivity contribution in [3.05, 3.63) is 47.7 Å². The summed E-state index contributed by atoms with van der Waals surface area (Å²) in [7, 11) is 0. The van der Waals surface area contributed by atoms with Crippen molar-refractivity contribution in [1.82, 2.24) is 25.2 Å². The van der Waals surface area contributed by atoms with Gasteiger partial charge in [-0.2, -0.15) is 9.97 Å². The minimum Gasteiger partial charge on any atom is -0.508 e. The third-order valence-electron chi connectivity index (χ3n) is 9.95. The van der Waals surface area contributed by atoms with Crippen molar-refractivity contribution >= 4 is 33.6 Å². The number of aryl methyl sites for hydroxylation is 1. The van der Waals surface area contributed by atoms with Crippen molar-refractivity contribution in [2.24, 2.45) is 0 Å². The molecule has 0 saturated carbocycles. The Kier molecular flexibility index (Phi) is 6.85. The fraction of sp³-hybridized carbons (Fsp3) is 0.455. The molecule has 234 valence electrons. The average molecular weight is 617 g/mol. The minimum absolute atomic E-state index is 0.0294. The molecule has 2 aromatic heterocycles. The molecule has 0 radical (unpaired) electrons. The van der Waals surface area contributed by atoms with Crippen LogP contribution in [0, 0.1) is 11.6 Å². The van der Waals surface area contributed by atoms with Crippen LogP contribution in [0.25, 0.3) is 32.9 Å². The van der Waals surface area contributed by atoms with Gasteiger partial charge in [0.1, 0.15) is 35.2 Å². The molecule has 0 aliphatic carbocycles. The van der Waals surface area contributed by atoms with Crippen LogP contribution in [0.1, 0.15) is 44.1 Å². The van der Waals surface area contributed by atoms with Crippen molar-refractivity contribution < 1.29 is 28.2 Å². The Morgan fingerprint density at radius 3 is 2.80 bits per heavy atom. The second kappa shape index (κ2) is 10.9. The molecule has 3 saturated heterocycles. The molecule has 10 nitrogen and oxygen atoms in total. The number of amides is 1. The molecule has 9 rings (SSSR count). The normalized spacial score (nSPS) is 21.3. The van der Waals surface area contributed by atoms with Crippen LogP contribution in [0.2, 0.25) is 0 Å². The Balaban J connectivity index is 1.30. The van der Waals surface area contributed by atoms with Crippen LogP contribution in [0.15, 0.2) is 30.5 Å². The lowest BCUT2D eigenvalue weighted by Crippen LogP contribution is -2.43. The molecule has 4 aromatic rings. The molecule has 45 heavy (non-hydrogen) atoms. The lowest BCUT2D eigenvalue weighted by Gasteiger charge is -2.31. The molecule has 1 amide bonds. The Bertz CT molecular complexity index is 1830. The Morgan fingerprint density at radius 2 is 1.96 bits per heavy atom. The van der Waals surface area contributed by atoms with Gasteiger partial charge in [-0.3, -0.25) is 9.88 Å². The number of phenolic OH excluding ortho intramolecular Hbond substituents is 1. The number of aromatic hydroxyl groups is 1. The number of fused-ring (bicyclic) bond motifs is 7. The first-order valence-corrected chi connectivity index (χ1v) is 15.8. The molecule has 5 aliphatic rings. The maximum atomic E-state index is 16.8. The summed E-state index contributed by atoms with van der Waals surface area (Å²) in [5, 5.41) is 14.9. The number of benzene rings is 2. The van der Waals surface area contributed by atoms with Gasteiger partial charge in [0.25, 0.3) is 0 Å². The molecular weight excluding hydrogens is 582 g/mol. The number of carbonyl (C=O) groups excluding carboxylic acids is 1. The number of hydrogen-bond acceptors (Lipinski definition) is 9. The number of aromatic nitrogens is 3. The fourth-order valence-corrected chi connectivity index (χ4v) is 7.80. The lowest BCUT2D eigenvalue weighted by molar-refractivity contribution is 0.108. The van der Waals surface area contributed by atoms with Crippen molar-refractivity contribution in [3.8, 4) is 23.0 Å². The van der Waals surface area contributed by atoms with Crippen LogP contribution in [0.3, 0.4) is 0 Å². The van der Waals surface area contributed by atoms with E-state index in [1.807, 2.05) is 4.90 Å². The van der Waals surface area contributed by atoms with E-state index in [4.69, 9.17) is 14.5 Å². The summed E-state index contributed by atoms with van der Waals surface area (Å²) in [6.07, 6.45) is 6.51. The van der Waals surface area contributed by atoms with Crippen molar-refractivity contribution in [3.63, 3.8) is 0 Å². The fourth-order valence-electron chi connectivity index (χ4n) is 7.80. The van der Waals surface area contributed by atoms with E-state index < -0.39 is 17.7 Å². The van der Waals surface area contributed by atoms with Gasteiger partial charge in [0.15, 0.2) is 5.82 Å². The monoisotopic (exact) mass is 616 g/mol. The van der Waals surface area contributed by atoms with Gasteiger partial charge in [-0.1, -0.05) is 6.07 Å². The van der Waals surface area contributed by atoms with E-state index in [9.17, 15) is 9.90 Å². The summed E-state index contributed by atoms with van der Waals surface area (Å²) in [6, 6.07) is 5.65. The summed E-state index contributed by atoms with van der Waals surface area (Å²) >= 11 is 0. The van der Waals surface area contributed by atoms with Crippen molar-refractivity contribution in [2.75, 3.05) is 44.3 Å². The van der Waals surface area contributed by atoms with Crippen molar-refractivity contribution in [2.45, 2.75) is 56.5 Å². The topological polar surface area (TPSA) is 113 Å². The molecule has 2 N–H and O–H groups in total. The highest BCUT2D eigenvalue weighted by atomic mass is 19.1. The number of anilines is 1. The van der Waals surface area contributed by atoms with Crippen LogP contribution in [-0.4, -0.2) is 82.0 Å². The number of hydrogen-bond donors (Lipinski definition) is 2. The maximum Gasteiger partial charge on any atom is 0.407 e. The molecule has 3 fully saturated rings. The van der Waals surface area contributed by atoms with Gasteiger partial charge in [-0.25, -0.2) is 13.6 Å². The third kappa shape index (κ3) is 4.86. The van der Waals surface area contributed by atoms with Gasteiger partial charge in [0.05, 0.1) is 23.6 Å². The molecule has 1 atom stereocenters. The van der Waals surface area contributed by atoms with Crippen LogP contribution in [-0.2, 0) is 11.2 Å². The second-order valence-corrected chi connectivity index (χ2v) is 12.7. The zero-order valence-corrected chi connectivity index (χ0v) is 24.8. The Labute approximate surface area is 258 Å². The first-order valence-electron chi connectivity index (χ1n) is 15.8. The highest BCUT2D eigenvalue weighted by Crippen LogP contribution is 2.41. The summed E-state index contributed by atoms with van der Waals surface area (Å²) in [5.74, 6) is -0.818. The van der Waals surface area contributed by atoms with Gasteiger partial charge in [-0.15, -0.1) is 0 Å².